The first-order valence-electron chi connectivity index (χ1n) is 5.65. The molecule has 0 saturated heterocycles. The first kappa shape index (κ1) is 13.1. The van der Waals surface area contributed by atoms with Gasteiger partial charge in [-0.3, -0.25) is 0 Å². The Morgan fingerprint density at radius 1 is 1.33 bits per heavy atom. The van der Waals surface area contributed by atoms with Crippen LogP contribution in [0.15, 0.2) is 4.52 Å². The van der Waals surface area contributed by atoms with Gasteiger partial charge in [-0.1, -0.05) is 5.16 Å². The molecule has 0 aromatic carbocycles. The Kier molecular flexibility index (Phi) is 3.74. The highest BCUT2D eigenvalue weighted by Crippen LogP contribution is 2.28. The molecule has 7 heteroatoms. The average Bonchev–Trinajstić information content (AvgIpc) is 2.83. The van der Waals surface area contributed by atoms with Gasteiger partial charge in [0.25, 0.3) is 5.89 Å². The molecular formula is C11H17N5OS. The van der Waals surface area contributed by atoms with E-state index in [1.807, 2.05) is 32.8 Å². The molecule has 0 aliphatic carbocycles. The van der Waals surface area contributed by atoms with Crippen LogP contribution in [0.25, 0.3) is 10.8 Å². The van der Waals surface area contributed by atoms with Crippen LogP contribution in [-0.2, 0) is 0 Å². The van der Waals surface area contributed by atoms with Crippen LogP contribution in [0.3, 0.4) is 0 Å². The molecule has 2 aromatic rings. The number of rotatable bonds is 4. The summed E-state index contributed by atoms with van der Waals surface area (Å²) in [6.07, 6.45) is 0. The van der Waals surface area contributed by atoms with Gasteiger partial charge in [0.15, 0.2) is 5.82 Å². The lowest BCUT2D eigenvalue weighted by Crippen LogP contribution is -2.26. The summed E-state index contributed by atoms with van der Waals surface area (Å²) in [6, 6.07) is -0.244. The van der Waals surface area contributed by atoms with Crippen molar-refractivity contribution >= 4 is 11.3 Å². The molecule has 0 saturated carbocycles. The van der Waals surface area contributed by atoms with E-state index in [2.05, 4.69) is 15.1 Å². The molecule has 1 atom stereocenters. The van der Waals surface area contributed by atoms with Crippen molar-refractivity contribution in [2.45, 2.75) is 19.9 Å². The molecule has 6 nitrogen and oxygen atoms in total. The van der Waals surface area contributed by atoms with Gasteiger partial charge in [0.2, 0.25) is 0 Å². The third-order valence-electron chi connectivity index (χ3n) is 2.43. The average molecular weight is 267 g/mol. The smallest absolute Gasteiger partial charge is 0.269 e. The van der Waals surface area contributed by atoms with Crippen LogP contribution < -0.4 is 5.73 Å². The zero-order valence-corrected chi connectivity index (χ0v) is 11.8. The molecule has 2 N–H and O–H groups in total. The van der Waals surface area contributed by atoms with Gasteiger partial charge in [0.05, 0.1) is 16.7 Å². The predicted molar refractivity (Wildman–Crippen MR) is 70.4 cm³/mol. The topological polar surface area (TPSA) is 81.1 Å². The molecule has 2 aromatic heterocycles. The van der Waals surface area contributed by atoms with E-state index in [0.29, 0.717) is 18.3 Å². The van der Waals surface area contributed by atoms with Crippen molar-refractivity contribution < 1.29 is 4.52 Å². The number of nitrogens with zero attached hydrogens (tertiary/aromatic N) is 4. The fourth-order valence-corrected chi connectivity index (χ4v) is 2.52. The van der Waals surface area contributed by atoms with Crippen LogP contribution in [0.2, 0.25) is 0 Å². The maximum Gasteiger partial charge on any atom is 0.269 e. The van der Waals surface area contributed by atoms with Crippen LogP contribution in [0.1, 0.15) is 22.6 Å². The second-order valence-electron chi connectivity index (χ2n) is 4.47. The van der Waals surface area contributed by atoms with Crippen LogP contribution in [0.5, 0.6) is 0 Å². The van der Waals surface area contributed by atoms with Crippen molar-refractivity contribution in [3.05, 3.63) is 16.5 Å². The number of hydrogen-bond donors (Lipinski definition) is 1. The molecule has 98 valence electrons. The molecule has 2 heterocycles. The van der Waals surface area contributed by atoms with Gasteiger partial charge >= 0.3 is 0 Å². The second-order valence-corrected chi connectivity index (χ2v) is 5.68. The van der Waals surface area contributed by atoms with E-state index in [0.717, 1.165) is 15.6 Å². The predicted octanol–water partition coefficient (Wildman–Crippen LogP) is 1.37. The Bertz CT molecular complexity index is 533. The Labute approximate surface area is 110 Å². The summed E-state index contributed by atoms with van der Waals surface area (Å²) in [5.41, 5.74) is 6.90. The number of aryl methyl sites for hydroxylation is 2. The summed E-state index contributed by atoms with van der Waals surface area (Å²) in [5.74, 6) is 1.03. The lowest BCUT2D eigenvalue weighted by atomic mass is 10.3. The lowest BCUT2D eigenvalue weighted by Gasteiger charge is -2.12. The molecular weight excluding hydrogens is 250 g/mol. The van der Waals surface area contributed by atoms with Crippen LogP contribution in [0, 0.1) is 13.8 Å². The van der Waals surface area contributed by atoms with Crippen LogP contribution in [0.4, 0.5) is 0 Å². The SMILES string of the molecule is Cc1nc(C)c(-c2nc(C(N)CN(C)C)no2)s1. The summed E-state index contributed by atoms with van der Waals surface area (Å²) >= 11 is 1.55. The minimum absolute atomic E-state index is 0.244. The Hall–Kier alpha value is -1.31. The summed E-state index contributed by atoms with van der Waals surface area (Å²) in [7, 11) is 3.91. The molecule has 18 heavy (non-hydrogen) atoms. The maximum atomic E-state index is 5.99. The highest BCUT2D eigenvalue weighted by Gasteiger charge is 2.18. The van der Waals surface area contributed by atoms with Crippen molar-refractivity contribution in [1.82, 2.24) is 20.0 Å². The fraction of sp³-hybridized carbons (Fsp3) is 0.545. The van der Waals surface area contributed by atoms with Crippen molar-refractivity contribution in [3.63, 3.8) is 0 Å². The largest absolute Gasteiger partial charge is 0.333 e. The summed E-state index contributed by atoms with van der Waals surface area (Å²) in [6.45, 7) is 4.57. The number of likely N-dealkylation sites (N-methyl/N-ethyl adjacent to an activating group) is 1. The van der Waals surface area contributed by atoms with Crippen molar-refractivity contribution in [3.8, 4) is 10.8 Å². The third kappa shape index (κ3) is 2.74. The molecule has 0 aliphatic rings. The zero-order valence-electron chi connectivity index (χ0n) is 11.0. The minimum Gasteiger partial charge on any atom is -0.333 e. The second kappa shape index (κ2) is 5.13. The van der Waals surface area contributed by atoms with Crippen molar-refractivity contribution in [2.24, 2.45) is 5.73 Å². The van der Waals surface area contributed by atoms with E-state index in [4.69, 9.17) is 10.3 Å². The van der Waals surface area contributed by atoms with Gasteiger partial charge in [0, 0.05) is 6.54 Å². The molecule has 0 bridgehead atoms. The van der Waals surface area contributed by atoms with Gasteiger partial charge < -0.3 is 15.2 Å². The van der Waals surface area contributed by atoms with Gasteiger partial charge in [-0.2, -0.15) is 4.98 Å². The zero-order chi connectivity index (χ0) is 13.3. The highest BCUT2D eigenvalue weighted by molar-refractivity contribution is 7.15. The molecule has 0 spiro atoms. The van der Waals surface area contributed by atoms with E-state index in [-0.39, 0.29) is 6.04 Å². The first-order valence-corrected chi connectivity index (χ1v) is 6.47. The van der Waals surface area contributed by atoms with E-state index in [1.54, 1.807) is 11.3 Å². The van der Waals surface area contributed by atoms with E-state index < -0.39 is 0 Å². The monoisotopic (exact) mass is 267 g/mol. The quantitative estimate of drug-likeness (QED) is 0.901. The van der Waals surface area contributed by atoms with Gasteiger partial charge in [-0.05, 0) is 27.9 Å². The Morgan fingerprint density at radius 3 is 2.61 bits per heavy atom. The molecule has 0 aliphatic heterocycles. The van der Waals surface area contributed by atoms with Crippen LogP contribution in [-0.4, -0.2) is 40.7 Å². The van der Waals surface area contributed by atoms with E-state index >= 15 is 0 Å². The number of aromatic nitrogens is 3. The Balaban J connectivity index is 2.22. The third-order valence-corrected chi connectivity index (χ3v) is 3.49. The minimum atomic E-state index is -0.244. The molecule has 0 radical (unpaired) electrons. The fourth-order valence-electron chi connectivity index (χ4n) is 1.68. The van der Waals surface area contributed by atoms with E-state index in [1.165, 1.54) is 0 Å². The molecule has 0 amide bonds. The van der Waals surface area contributed by atoms with Crippen LogP contribution >= 0.6 is 11.3 Å². The molecule has 2 rings (SSSR count). The normalized spacial score (nSPS) is 13.2. The number of hydrogen-bond acceptors (Lipinski definition) is 7. The standard InChI is InChI=1S/C11H17N5OS/c1-6-9(18-7(2)13-6)11-14-10(15-17-11)8(12)5-16(3)4/h8H,5,12H2,1-4H3. The maximum absolute atomic E-state index is 5.99. The Morgan fingerprint density at radius 2 is 2.06 bits per heavy atom. The highest BCUT2D eigenvalue weighted by atomic mass is 32.1. The van der Waals surface area contributed by atoms with Gasteiger partial charge in [0.1, 0.15) is 4.88 Å². The van der Waals surface area contributed by atoms with Gasteiger partial charge in [-0.15, -0.1) is 11.3 Å². The van der Waals surface area contributed by atoms with Crippen molar-refractivity contribution in [2.75, 3.05) is 20.6 Å². The summed E-state index contributed by atoms with van der Waals surface area (Å²) in [5, 5.41) is 4.92. The molecule has 1 unspecified atom stereocenters. The first-order chi connectivity index (χ1) is 8.47. The molecule has 0 fully saturated rings. The summed E-state index contributed by atoms with van der Waals surface area (Å²) < 4.78 is 5.26. The summed E-state index contributed by atoms with van der Waals surface area (Å²) in [4.78, 5) is 11.6. The van der Waals surface area contributed by atoms with Gasteiger partial charge in [-0.25, -0.2) is 4.98 Å². The van der Waals surface area contributed by atoms with E-state index in [9.17, 15) is 0 Å². The number of thiazole rings is 1. The van der Waals surface area contributed by atoms with Crippen molar-refractivity contribution in [1.29, 1.82) is 0 Å². The lowest BCUT2D eigenvalue weighted by molar-refractivity contribution is 0.357. The number of nitrogens with two attached hydrogens (primary N) is 1.